The van der Waals surface area contributed by atoms with Crippen LogP contribution in [0.15, 0.2) is 18.2 Å². The summed E-state index contributed by atoms with van der Waals surface area (Å²) in [4.78, 5) is 0. The maximum absolute atomic E-state index is 6.28. The molecule has 21 heavy (non-hydrogen) atoms. The number of hydrogen-bond acceptors (Lipinski definition) is 3. The summed E-state index contributed by atoms with van der Waals surface area (Å²) in [6, 6.07) is 5.88. The predicted molar refractivity (Wildman–Crippen MR) is 93.0 cm³/mol. The molecule has 0 amide bonds. The Labute approximate surface area is 144 Å². The average Bonchev–Trinajstić information content (AvgIpc) is 2.48. The molecule has 2 fully saturated rings. The van der Waals surface area contributed by atoms with Gasteiger partial charge < -0.3 is 9.47 Å². The molecule has 0 saturated carbocycles. The van der Waals surface area contributed by atoms with Crippen molar-refractivity contribution in [1.82, 2.24) is 0 Å². The lowest BCUT2D eigenvalue weighted by Gasteiger charge is -2.43. The summed E-state index contributed by atoms with van der Waals surface area (Å²) in [6.45, 7) is 0.805. The molecule has 116 valence electrons. The van der Waals surface area contributed by atoms with Crippen molar-refractivity contribution in [2.45, 2.75) is 42.7 Å². The van der Waals surface area contributed by atoms with Gasteiger partial charge in [-0.1, -0.05) is 33.6 Å². The second-order valence-electron chi connectivity index (χ2n) is 5.73. The van der Waals surface area contributed by atoms with Crippen LogP contribution in [-0.2, 0) is 10.1 Å². The quantitative estimate of drug-likeness (QED) is 0.671. The molecule has 2 heterocycles. The minimum absolute atomic E-state index is 0.0569. The van der Waals surface area contributed by atoms with Crippen LogP contribution in [0.3, 0.4) is 0 Å². The van der Waals surface area contributed by atoms with Gasteiger partial charge in [0.2, 0.25) is 0 Å². The Kier molecular flexibility index (Phi) is 5.41. The lowest BCUT2D eigenvalue weighted by atomic mass is 9.86. The van der Waals surface area contributed by atoms with Gasteiger partial charge in [-0.2, -0.15) is 11.8 Å². The zero-order valence-corrected chi connectivity index (χ0v) is 15.1. The van der Waals surface area contributed by atoms with Crippen molar-refractivity contribution in [2.75, 3.05) is 18.1 Å². The molecule has 0 N–H and O–H groups in total. The molecule has 2 nitrogen and oxygen atoms in total. The van der Waals surface area contributed by atoms with Crippen LogP contribution < -0.4 is 4.74 Å². The molecule has 1 atom stereocenters. The van der Waals surface area contributed by atoms with E-state index in [1.54, 1.807) is 0 Å². The molecule has 5 heteroatoms. The number of halogens is 2. The van der Waals surface area contributed by atoms with E-state index in [1.165, 1.54) is 11.5 Å². The van der Waals surface area contributed by atoms with Crippen LogP contribution in [0.4, 0.5) is 0 Å². The Balaban J connectivity index is 1.71. The van der Waals surface area contributed by atoms with E-state index < -0.39 is 0 Å². The number of rotatable bonds is 3. The highest BCUT2D eigenvalue weighted by Crippen LogP contribution is 2.39. The highest BCUT2D eigenvalue weighted by atomic mass is 79.9. The Bertz CT molecular complexity index is 486. The van der Waals surface area contributed by atoms with Gasteiger partial charge in [-0.15, -0.1) is 0 Å². The van der Waals surface area contributed by atoms with Crippen molar-refractivity contribution in [3.63, 3.8) is 0 Å². The van der Waals surface area contributed by atoms with Crippen LogP contribution in [0, 0.1) is 0 Å². The Hall–Kier alpha value is 0.1000. The summed E-state index contributed by atoms with van der Waals surface area (Å²) >= 11 is 11.8. The lowest BCUT2D eigenvalue weighted by molar-refractivity contribution is -0.116. The van der Waals surface area contributed by atoms with Crippen molar-refractivity contribution in [2.24, 2.45) is 0 Å². The van der Waals surface area contributed by atoms with Crippen LogP contribution in [0.1, 0.15) is 31.2 Å². The number of thioether (sulfide) groups is 1. The third-order valence-corrected chi connectivity index (χ3v) is 6.26. The summed E-state index contributed by atoms with van der Waals surface area (Å²) < 4.78 is 12.4. The zero-order chi connectivity index (χ0) is 14.7. The molecular formula is C16H20BrClO2S. The van der Waals surface area contributed by atoms with Crippen molar-refractivity contribution in [3.8, 4) is 5.75 Å². The number of hydrogen-bond donors (Lipinski definition) is 0. The van der Waals surface area contributed by atoms with E-state index >= 15 is 0 Å². The third-order valence-electron chi connectivity index (χ3n) is 4.35. The Morgan fingerprint density at radius 1 is 1.38 bits per heavy atom. The summed E-state index contributed by atoms with van der Waals surface area (Å²) in [5.74, 6) is 3.32. The van der Waals surface area contributed by atoms with Crippen LogP contribution in [0.5, 0.6) is 5.75 Å². The van der Waals surface area contributed by atoms with E-state index in [-0.39, 0.29) is 11.7 Å². The fraction of sp³-hybridized carbons (Fsp3) is 0.625. The van der Waals surface area contributed by atoms with E-state index in [4.69, 9.17) is 21.1 Å². The second kappa shape index (κ2) is 7.12. The highest BCUT2D eigenvalue weighted by molar-refractivity contribution is 9.08. The van der Waals surface area contributed by atoms with Crippen LogP contribution >= 0.6 is 39.3 Å². The molecule has 0 bridgehead atoms. The smallest absolute Gasteiger partial charge is 0.125 e. The van der Waals surface area contributed by atoms with E-state index in [0.29, 0.717) is 5.33 Å². The van der Waals surface area contributed by atoms with Crippen LogP contribution in [-0.4, -0.2) is 29.8 Å². The van der Waals surface area contributed by atoms with Gasteiger partial charge in [0.25, 0.3) is 0 Å². The van der Waals surface area contributed by atoms with Gasteiger partial charge in [0.05, 0.1) is 12.2 Å². The van der Waals surface area contributed by atoms with E-state index in [0.717, 1.165) is 48.6 Å². The third kappa shape index (κ3) is 3.72. The minimum Gasteiger partial charge on any atom is -0.490 e. The molecule has 2 aliphatic rings. The minimum atomic E-state index is 0.0569. The fourth-order valence-corrected chi connectivity index (χ4v) is 5.34. The van der Waals surface area contributed by atoms with Gasteiger partial charge in [-0.3, -0.25) is 0 Å². The average molecular weight is 392 g/mol. The van der Waals surface area contributed by atoms with E-state index in [9.17, 15) is 0 Å². The molecule has 2 saturated heterocycles. The summed E-state index contributed by atoms with van der Waals surface area (Å²) in [7, 11) is 0. The molecular weight excluding hydrogens is 372 g/mol. The van der Waals surface area contributed by atoms with Crippen LogP contribution in [0.25, 0.3) is 0 Å². The van der Waals surface area contributed by atoms with Gasteiger partial charge in [0, 0.05) is 28.8 Å². The van der Waals surface area contributed by atoms with E-state index in [1.807, 2.05) is 30.0 Å². The fourth-order valence-electron chi connectivity index (χ4n) is 3.13. The molecule has 1 aromatic rings. The number of alkyl halides is 1. The molecule has 1 aromatic carbocycles. The first-order valence-electron chi connectivity index (χ1n) is 7.44. The first-order valence-corrected chi connectivity index (χ1v) is 10.1. The Morgan fingerprint density at radius 2 is 2.19 bits per heavy atom. The normalized spacial score (nSPS) is 25.0. The van der Waals surface area contributed by atoms with Crippen LogP contribution in [0.2, 0.25) is 5.02 Å². The van der Waals surface area contributed by atoms with Gasteiger partial charge in [0.1, 0.15) is 11.9 Å². The second-order valence-corrected chi connectivity index (χ2v) is 7.92. The maximum atomic E-state index is 6.28. The monoisotopic (exact) mass is 390 g/mol. The molecule has 0 radical (unpaired) electrons. The zero-order valence-electron chi connectivity index (χ0n) is 11.9. The van der Waals surface area contributed by atoms with Gasteiger partial charge in [0.15, 0.2) is 0 Å². The number of benzene rings is 1. The molecule has 1 unspecified atom stereocenters. The van der Waals surface area contributed by atoms with Gasteiger partial charge in [-0.25, -0.2) is 0 Å². The van der Waals surface area contributed by atoms with Gasteiger partial charge >= 0.3 is 0 Å². The largest absolute Gasteiger partial charge is 0.490 e. The molecule has 1 spiro atoms. The maximum Gasteiger partial charge on any atom is 0.125 e. The lowest BCUT2D eigenvalue weighted by Crippen LogP contribution is -2.46. The number of ether oxygens (including phenoxy) is 2. The predicted octanol–water partition coefficient (Wildman–Crippen LogP) is 5.06. The highest BCUT2D eigenvalue weighted by Gasteiger charge is 2.39. The first kappa shape index (κ1) is 16.0. The van der Waals surface area contributed by atoms with Crippen molar-refractivity contribution < 1.29 is 9.47 Å². The van der Waals surface area contributed by atoms with E-state index in [2.05, 4.69) is 15.9 Å². The molecule has 0 aliphatic carbocycles. The molecule has 0 aromatic heterocycles. The van der Waals surface area contributed by atoms with Gasteiger partial charge in [-0.05, 0) is 36.5 Å². The first-order chi connectivity index (χ1) is 10.2. The molecule has 2 aliphatic heterocycles. The topological polar surface area (TPSA) is 18.5 Å². The molecule has 3 rings (SSSR count). The Morgan fingerprint density at radius 3 is 2.95 bits per heavy atom. The van der Waals surface area contributed by atoms with Crippen molar-refractivity contribution in [1.29, 1.82) is 0 Å². The summed E-state index contributed by atoms with van der Waals surface area (Å²) in [5.41, 5.74) is 1.10. The standard InChI is InChI=1S/C16H20BrClO2S/c17-11-13-14(18)2-1-3-15(13)20-12-4-7-19-16(10-12)5-8-21-9-6-16/h1-3,12H,4-11H2. The van der Waals surface area contributed by atoms with Crippen molar-refractivity contribution >= 4 is 39.3 Å². The SMILES string of the molecule is Clc1cccc(OC2CCOC3(CCSCC3)C2)c1CBr. The van der Waals surface area contributed by atoms with Crippen molar-refractivity contribution in [3.05, 3.63) is 28.8 Å². The summed E-state index contributed by atoms with van der Waals surface area (Å²) in [6.07, 6.45) is 4.50. The summed E-state index contributed by atoms with van der Waals surface area (Å²) in [5, 5.41) is 1.48.